The highest BCUT2D eigenvalue weighted by Gasteiger charge is 2.24. The molecule has 5 heteroatoms. The Morgan fingerprint density at radius 3 is 2.06 bits per heavy atom. The summed E-state index contributed by atoms with van der Waals surface area (Å²) in [6.45, 7) is 7.53. The smallest absolute Gasteiger partial charge is 0.278 e. The lowest BCUT2D eigenvalue weighted by Gasteiger charge is -2.23. The van der Waals surface area contributed by atoms with Crippen molar-refractivity contribution in [1.29, 1.82) is 0 Å². The Bertz CT molecular complexity index is 252. The van der Waals surface area contributed by atoms with Gasteiger partial charge in [0.1, 0.15) is 0 Å². The van der Waals surface area contributed by atoms with Crippen LogP contribution in [0.2, 0.25) is 0 Å². The predicted octanol–water partition coefficient (Wildman–Crippen LogP) is -1.47. The maximum Gasteiger partial charge on any atom is 0.278 e. The quantitative estimate of drug-likeness (QED) is 0.583. The van der Waals surface area contributed by atoms with Gasteiger partial charge >= 0.3 is 0 Å². The number of hydrogen-bond donors (Lipinski definition) is 2. The first-order valence-corrected chi connectivity index (χ1v) is 5.60. The third-order valence-electron chi connectivity index (χ3n) is 2.45. The maximum atomic E-state index is 11.6. The molecule has 5 nitrogen and oxygen atoms in total. The van der Waals surface area contributed by atoms with Gasteiger partial charge in [-0.25, -0.2) is 0 Å². The average Bonchev–Trinajstić information content (AvgIpc) is 2.14. The Hall–Kier alpha value is -1.10. The summed E-state index contributed by atoms with van der Waals surface area (Å²) in [5, 5.41) is 13.3. The van der Waals surface area contributed by atoms with Crippen molar-refractivity contribution in [1.82, 2.24) is 5.32 Å². The second kappa shape index (κ2) is 6.48. The zero-order valence-corrected chi connectivity index (χ0v) is 10.4. The van der Waals surface area contributed by atoms with Gasteiger partial charge in [-0.05, 0) is 12.3 Å². The molecule has 2 atom stereocenters. The summed E-state index contributed by atoms with van der Waals surface area (Å²) in [5.74, 6) is -1.30. The number of quaternary nitrogens is 1. The molecule has 0 aliphatic heterocycles. The molecule has 94 valence electrons. The Balaban J connectivity index is 4.40. The molecular weight excluding hydrogens is 208 g/mol. The van der Waals surface area contributed by atoms with E-state index in [1.54, 1.807) is 0 Å². The zero-order chi connectivity index (χ0) is 12.9. The first kappa shape index (κ1) is 14.9. The number of rotatable bonds is 6. The van der Waals surface area contributed by atoms with E-state index in [1.165, 1.54) is 0 Å². The van der Waals surface area contributed by atoms with Crippen molar-refractivity contribution in [3.05, 3.63) is 0 Å². The number of carboxylic acid groups (broad SMARTS) is 1. The van der Waals surface area contributed by atoms with Gasteiger partial charge in [-0.3, -0.25) is 4.79 Å². The van der Waals surface area contributed by atoms with Gasteiger partial charge < -0.3 is 21.0 Å². The van der Waals surface area contributed by atoms with Crippen LogP contribution < -0.4 is 16.2 Å². The molecule has 0 aliphatic carbocycles. The molecule has 16 heavy (non-hydrogen) atoms. The lowest BCUT2D eigenvalue weighted by atomic mass is 10.0. The van der Waals surface area contributed by atoms with Gasteiger partial charge in [0, 0.05) is 5.92 Å². The molecule has 0 saturated carbocycles. The van der Waals surface area contributed by atoms with Gasteiger partial charge in [0.25, 0.3) is 5.91 Å². The number of carbonyl (C=O) groups excluding carboxylic acids is 2. The van der Waals surface area contributed by atoms with Crippen LogP contribution in [-0.4, -0.2) is 24.0 Å². The molecule has 0 aromatic heterocycles. The fourth-order valence-electron chi connectivity index (χ4n) is 1.27. The minimum atomic E-state index is -1.24. The van der Waals surface area contributed by atoms with Gasteiger partial charge in [0.05, 0.1) is 12.0 Å². The highest BCUT2D eigenvalue weighted by atomic mass is 16.4. The fraction of sp³-hybridized carbons (Fsp3) is 0.818. The van der Waals surface area contributed by atoms with Crippen LogP contribution in [0, 0.1) is 11.8 Å². The van der Waals surface area contributed by atoms with Crippen LogP contribution in [0.3, 0.4) is 0 Å². The maximum absolute atomic E-state index is 11.6. The van der Waals surface area contributed by atoms with E-state index in [9.17, 15) is 14.7 Å². The molecular formula is C11H22N2O3. The largest absolute Gasteiger partial charge is 0.548 e. The first-order valence-electron chi connectivity index (χ1n) is 5.60. The Labute approximate surface area is 96.4 Å². The molecule has 0 radical (unpaired) electrons. The van der Waals surface area contributed by atoms with Crippen LogP contribution in [0.15, 0.2) is 0 Å². The van der Waals surface area contributed by atoms with E-state index in [-0.39, 0.29) is 17.7 Å². The number of carboxylic acids is 1. The van der Waals surface area contributed by atoms with Crippen LogP contribution in [0.4, 0.5) is 0 Å². The summed E-state index contributed by atoms with van der Waals surface area (Å²) in [4.78, 5) is 22.4. The van der Waals surface area contributed by atoms with Gasteiger partial charge in [-0.2, -0.15) is 0 Å². The monoisotopic (exact) mass is 230 g/mol. The number of amides is 1. The van der Waals surface area contributed by atoms with Gasteiger partial charge in [0.2, 0.25) is 0 Å². The summed E-state index contributed by atoms with van der Waals surface area (Å²) < 4.78 is 0. The standard InChI is InChI=1S/C11H22N2O3/c1-6(2)5-8(11(15)16)13-10(14)9(12)7(3)4/h6-9H,5,12H2,1-4H3,(H,13,14)(H,15,16)/t8-,9+/m1/s1. The second-order valence-electron chi connectivity index (χ2n) is 4.86. The van der Waals surface area contributed by atoms with E-state index >= 15 is 0 Å². The number of carbonyl (C=O) groups is 2. The summed E-state index contributed by atoms with van der Waals surface area (Å²) in [6.07, 6.45) is 0.374. The van der Waals surface area contributed by atoms with Crippen LogP contribution >= 0.6 is 0 Å². The van der Waals surface area contributed by atoms with Crippen molar-refractivity contribution in [3.8, 4) is 0 Å². The third-order valence-corrected chi connectivity index (χ3v) is 2.45. The molecule has 0 rings (SSSR count). The zero-order valence-electron chi connectivity index (χ0n) is 10.4. The van der Waals surface area contributed by atoms with E-state index in [4.69, 9.17) is 0 Å². The van der Waals surface area contributed by atoms with Gasteiger partial charge in [0.15, 0.2) is 6.04 Å². The fourth-order valence-corrected chi connectivity index (χ4v) is 1.27. The summed E-state index contributed by atoms with van der Waals surface area (Å²) in [7, 11) is 0. The third kappa shape index (κ3) is 5.11. The molecule has 0 heterocycles. The van der Waals surface area contributed by atoms with E-state index < -0.39 is 18.1 Å². The molecule has 1 amide bonds. The molecule has 0 spiro atoms. The van der Waals surface area contributed by atoms with E-state index in [0.717, 1.165) is 0 Å². The lowest BCUT2D eigenvalue weighted by molar-refractivity contribution is -0.414. The molecule has 4 N–H and O–H groups in total. The van der Waals surface area contributed by atoms with E-state index in [1.807, 2.05) is 27.7 Å². The molecule has 0 aromatic carbocycles. The van der Waals surface area contributed by atoms with Crippen molar-refractivity contribution in [3.63, 3.8) is 0 Å². The summed E-state index contributed by atoms with van der Waals surface area (Å²) >= 11 is 0. The van der Waals surface area contributed by atoms with E-state index in [0.29, 0.717) is 6.42 Å². The molecule has 0 aliphatic rings. The molecule has 0 unspecified atom stereocenters. The predicted molar refractivity (Wildman–Crippen MR) is 57.9 cm³/mol. The Morgan fingerprint density at radius 1 is 1.25 bits per heavy atom. The number of hydrogen-bond acceptors (Lipinski definition) is 3. The Morgan fingerprint density at radius 2 is 1.75 bits per heavy atom. The van der Waals surface area contributed by atoms with Gasteiger partial charge in [-0.1, -0.05) is 27.7 Å². The lowest BCUT2D eigenvalue weighted by Crippen LogP contribution is -2.71. The van der Waals surface area contributed by atoms with Crippen molar-refractivity contribution >= 4 is 11.9 Å². The van der Waals surface area contributed by atoms with Crippen molar-refractivity contribution in [2.45, 2.75) is 46.2 Å². The minimum absolute atomic E-state index is 0.0847. The van der Waals surface area contributed by atoms with Crippen molar-refractivity contribution in [2.75, 3.05) is 0 Å². The van der Waals surface area contributed by atoms with Crippen molar-refractivity contribution < 1.29 is 20.4 Å². The Kier molecular flexibility index (Phi) is 6.03. The second-order valence-corrected chi connectivity index (χ2v) is 4.86. The minimum Gasteiger partial charge on any atom is -0.548 e. The summed E-state index contributed by atoms with van der Waals surface area (Å²) in [6, 6.07) is -1.36. The normalized spacial score (nSPS) is 14.9. The number of nitrogens with one attached hydrogen (secondary N) is 1. The topological polar surface area (TPSA) is 96.9 Å². The van der Waals surface area contributed by atoms with Crippen LogP contribution in [-0.2, 0) is 9.59 Å². The SMILES string of the molecule is CC(C)C[C@@H](NC(=O)[C@@H]([NH3+])C(C)C)C(=O)[O-]. The number of aliphatic carboxylic acids is 1. The van der Waals surface area contributed by atoms with Crippen LogP contribution in [0.5, 0.6) is 0 Å². The summed E-state index contributed by atoms with van der Waals surface area (Å²) in [5.41, 5.74) is 3.70. The molecule has 0 aromatic rings. The molecule has 0 saturated heterocycles. The average molecular weight is 230 g/mol. The van der Waals surface area contributed by atoms with Crippen LogP contribution in [0.25, 0.3) is 0 Å². The highest BCUT2D eigenvalue weighted by molar-refractivity contribution is 5.85. The van der Waals surface area contributed by atoms with Crippen LogP contribution in [0.1, 0.15) is 34.1 Å². The molecule has 0 bridgehead atoms. The van der Waals surface area contributed by atoms with E-state index in [2.05, 4.69) is 11.1 Å². The van der Waals surface area contributed by atoms with Crippen molar-refractivity contribution in [2.24, 2.45) is 11.8 Å². The first-order chi connectivity index (χ1) is 7.25. The highest BCUT2D eigenvalue weighted by Crippen LogP contribution is 2.05. The van der Waals surface area contributed by atoms with Gasteiger partial charge in [-0.15, -0.1) is 0 Å². The molecule has 0 fully saturated rings.